The summed E-state index contributed by atoms with van der Waals surface area (Å²) in [6.45, 7) is 14.1. The zero-order valence-electron chi connectivity index (χ0n) is 14.1. The van der Waals surface area contributed by atoms with E-state index < -0.39 is 0 Å². The van der Waals surface area contributed by atoms with Gasteiger partial charge in [-0.25, -0.2) is 0 Å². The quantitative estimate of drug-likeness (QED) is 0.331. The Morgan fingerprint density at radius 2 is 1.70 bits per heavy atom. The topological polar surface area (TPSA) is 29.1 Å². The molecular formula is C17H35N2O+. The van der Waals surface area contributed by atoms with Gasteiger partial charge in [-0.05, 0) is 47.0 Å². The monoisotopic (exact) mass is 283 g/mol. The number of allylic oxidation sites excluding steroid dienone is 2. The number of carbonyl (C=O) groups excluding carboxylic acids is 1. The molecule has 0 saturated heterocycles. The molecular weight excluding hydrogens is 248 g/mol. The molecule has 0 atom stereocenters. The van der Waals surface area contributed by atoms with E-state index in [9.17, 15) is 4.79 Å². The molecule has 118 valence electrons. The van der Waals surface area contributed by atoms with Crippen molar-refractivity contribution in [2.24, 2.45) is 0 Å². The third kappa shape index (κ3) is 8.36. The van der Waals surface area contributed by atoms with Crippen LogP contribution in [0, 0.1) is 0 Å². The fourth-order valence-electron chi connectivity index (χ4n) is 2.56. The van der Waals surface area contributed by atoms with E-state index in [1.807, 2.05) is 0 Å². The predicted octanol–water partition coefficient (Wildman–Crippen LogP) is 3.51. The summed E-state index contributed by atoms with van der Waals surface area (Å²) in [5.74, 6) is 0.220. The van der Waals surface area contributed by atoms with E-state index in [2.05, 4.69) is 45.2 Å². The van der Waals surface area contributed by atoms with Gasteiger partial charge in [0.2, 0.25) is 5.91 Å². The van der Waals surface area contributed by atoms with E-state index >= 15 is 0 Å². The number of nitrogens with zero attached hydrogens (tertiary/aromatic N) is 1. The number of hydrogen-bond acceptors (Lipinski definition) is 1. The molecule has 0 aliphatic carbocycles. The molecule has 0 aliphatic heterocycles. The van der Waals surface area contributed by atoms with Gasteiger partial charge in [0.05, 0.1) is 32.7 Å². The van der Waals surface area contributed by atoms with Gasteiger partial charge in [-0.15, -0.1) is 0 Å². The van der Waals surface area contributed by atoms with Crippen LogP contribution in [0.2, 0.25) is 0 Å². The van der Waals surface area contributed by atoms with Crippen molar-refractivity contribution >= 4 is 5.91 Å². The molecule has 0 aromatic rings. The van der Waals surface area contributed by atoms with Crippen LogP contribution in [0.3, 0.4) is 0 Å². The maximum atomic E-state index is 11.8. The lowest BCUT2D eigenvalue weighted by Crippen LogP contribution is -2.51. The maximum Gasteiger partial charge on any atom is 0.220 e. The van der Waals surface area contributed by atoms with Crippen molar-refractivity contribution in [3.05, 3.63) is 12.2 Å². The minimum Gasteiger partial charge on any atom is -0.350 e. The van der Waals surface area contributed by atoms with E-state index in [1.165, 1.54) is 6.42 Å². The first-order chi connectivity index (χ1) is 9.64. The first kappa shape index (κ1) is 19.2. The van der Waals surface area contributed by atoms with Crippen LogP contribution >= 0.6 is 0 Å². The fourth-order valence-corrected chi connectivity index (χ4v) is 2.56. The molecule has 0 heterocycles. The highest BCUT2D eigenvalue weighted by Gasteiger charge is 2.19. The summed E-state index contributed by atoms with van der Waals surface area (Å²) in [5.41, 5.74) is 0. The molecule has 0 saturated carbocycles. The Morgan fingerprint density at radius 3 is 2.25 bits per heavy atom. The molecule has 20 heavy (non-hydrogen) atoms. The van der Waals surface area contributed by atoms with Gasteiger partial charge in [-0.3, -0.25) is 4.79 Å². The van der Waals surface area contributed by atoms with Crippen LogP contribution < -0.4 is 5.32 Å². The molecule has 0 radical (unpaired) electrons. The molecule has 3 heteroatoms. The molecule has 3 nitrogen and oxygen atoms in total. The molecule has 0 bridgehead atoms. The van der Waals surface area contributed by atoms with Gasteiger partial charge < -0.3 is 9.80 Å². The number of likely N-dealkylation sites (N-methyl/N-ethyl adjacent to an activating group) is 1. The van der Waals surface area contributed by atoms with E-state index in [-0.39, 0.29) is 5.91 Å². The molecule has 0 aliphatic rings. The Morgan fingerprint density at radius 1 is 1.05 bits per heavy atom. The molecule has 0 aromatic heterocycles. The Bertz CT molecular complexity index is 262. The number of quaternary nitrogens is 1. The summed E-state index contributed by atoms with van der Waals surface area (Å²) in [6.07, 6.45) is 9.46. The van der Waals surface area contributed by atoms with Crippen LogP contribution in [0.5, 0.6) is 0 Å². The third-order valence-corrected chi connectivity index (χ3v) is 4.43. The van der Waals surface area contributed by atoms with Crippen LogP contribution in [0.4, 0.5) is 0 Å². The second-order valence-electron chi connectivity index (χ2n) is 5.53. The van der Waals surface area contributed by atoms with E-state index in [1.54, 1.807) is 0 Å². The van der Waals surface area contributed by atoms with Crippen molar-refractivity contribution in [2.45, 2.75) is 59.8 Å². The van der Waals surface area contributed by atoms with Gasteiger partial charge >= 0.3 is 0 Å². The smallest absolute Gasteiger partial charge is 0.220 e. The summed E-state index contributed by atoms with van der Waals surface area (Å²) in [6, 6.07) is 0. The number of hydrogen-bond donors (Lipinski definition) is 1. The van der Waals surface area contributed by atoms with Crippen LogP contribution in [-0.4, -0.2) is 43.1 Å². The average Bonchev–Trinajstić information content (AvgIpc) is 2.48. The van der Waals surface area contributed by atoms with E-state index in [0.717, 1.165) is 56.5 Å². The van der Waals surface area contributed by atoms with Crippen molar-refractivity contribution < 1.29 is 9.28 Å². The zero-order valence-corrected chi connectivity index (χ0v) is 14.1. The number of nitrogens with one attached hydrogen (secondary N) is 1. The molecule has 1 amide bonds. The van der Waals surface area contributed by atoms with E-state index in [4.69, 9.17) is 0 Å². The molecule has 0 fully saturated rings. The first-order valence-electron chi connectivity index (χ1n) is 8.37. The van der Waals surface area contributed by atoms with E-state index in [0.29, 0.717) is 6.42 Å². The predicted molar refractivity (Wildman–Crippen MR) is 87.7 cm³/mol. The molecule has 0 rings (SSSR count). The molecule has 1 N–H and O–H groups in total. The second-order valence-corrected chi connectivity index (χ2v) is 5.53. The SMILES string of the molecule is C/C=C/CCCCCC(=O)NCC[N+](CC)(CC)CC. The fraction of sp³-hybridized carbons (Fsp3) is 0.824. The zero-order chi connectivity index (χ0) is 15.3. The van der Waals surface area contributed by atoms with Crippen molar-refractivity contribution in [2.75, 3.05) is 32.7 Å². The number of amides is 1. The maximum absolute atomic E-state index is 11.8. The lowest BCUT2D eigenvalue weighted by Gasteiger charge is -2.35. The third-order valence-electron chi connectivity index (χ3n) is 4.43. The van der Waals surface area contributed by atoms with Gasteiger partial charge in [-0.1, -0.05) is 18.6 Å². The molecule has 0 aromatic carbocycles. The number of unbranched alkanes of at least 4 members (excludes halogenated alkanes) is 3. The molecule has 0 spiro atoms. The summed E-state index contributed by atoms with van der Waals surface area (Å²) in [5, 5.41) is 3.07. The minimum atomic E-state index is 0.220. The number of rotatable bonds is 12. The molecule has 0 unspecified atom stereocenters. The van der Waals surface area contributed by atoms with Crippen molar-refractivity contribution in [1.82, 2.24) is 5.32 Å². The van der Waals surface area contributed by atoms with Gasteiger partial charge in [0, 0.05) is 6.42 Å². The van der Waals surface area contributed by atoms with Crippen molar-refractivity contribution in [1.29, 1.82) is 0 Å². The Balaban J connectivity index is 3.67. The summed E-state index contributed by atoms with van der Waals surface area (Å²) in [7, 11) is 0. The van der Waals surface area contributed by atoms with Crippen molar-refractivity contribution in [3.8, 4) is 0 Å². The Kier molecular flexibility index (Phi) is 11.5. The van der Waals surface area contributed by atoms with Gasteiger partial charge in [0.15, 0.2) is 0 Å². The standard InChI is InChI=1S/C17H34N2O/c1-5-9-10-11-12-13-14-17(20)18-15-16-19(6-2,7-3)8-4/h5,9H,6-8,10-16H2,1-4H3/p+1/b9-5+. The Hall–Kier alpha value is -0.830. The summed E-state index contributed by atoms with van der Waals surface area (Å²) in [4.78, 5) is 11.8. The van der Waals surface area contributed by atoms with Gasteiger partial charge in [0.1, 0.15) is 0 Å². The van der Waals surface area contributed by atoms with Gasteiger partial charge in [0.25, 0.3) is 0 Å². The lowest BCUT2D eigenvalue weighted by atomic mass is 10.1. The van der Waals surface area contributed by atoms with Gasteiger partial charge in [-0.2, -0.15) is 0 Å². The van der Waals surface area contributed by atoms with Crippen molar-refractivity contribution in [3.63, 3.8) is 0 Å². The largest absolute Gasteiger partial charge is 0.350 e. The normalized spacial score (nSPS) is 12.0. The van der Waals surface area contributed by atoms with Crippen LogP contribution in [0.15, 0.2) is 12.2 Å². The highest BCUT2D eigenvalue weighted by molar-refractivity contribution is 5.75. The Labute approximate surface area is 126 Å². The highest BCUT2D eigenvalue weighted by Crippen LogP contribution is 2.05. The lowest BCUT2D eigenvalue weighted by molar-refractivity contribution is -0.922. The highest BCUT2D eigenvalue weighted by atomic mass is 16.1. The van der Waals surface area contributed by atoms with Crippen LogP contribution in [0.25, 0.3) is 0 Å². The number of carbonyl (C=O) groups is 1. The van der Waals surface area contributed by atoms with Crippen LogP contribution in [-0.2, 0) is 4.79 Å². The average molecular weight is 283 g/mol. The van der Waals surface area contributed by atoms with Crippen LogP contribution in [0.1, 0.15) is 59.8 Å². The summed E-state index contributed by atoms with van der Waals surface area (Å²) < 4.78 is 1.10. The first-order valence-corrected chi connectivity index (χ1v) is 8.37. The second kappa shape index (κ2) is 12.0. The minimum absolute atomic E-state index is 0.220. The summed E-state index contributed by atoms with van der Waals surface area (Å²) >= 11 is 0.